The fourth-order valence-corrected chi connectivity index (χ4v) is 2.16. The van der Waals surface area contributed by atoms with Gasteiger partial charge in [-0.25, -0.2) is 9.97 Å². The lowest BCUT2D eigenvalue weighted by molar-refractivity contribution is -0.191. The maximum Gasteiger partial charge on any atom is 0.373 e. The van der Waals surface area contributed by atoms with E-state index < -0.39 is 0 Å². The third-order valence-electron chi connectivity index (χ3n) is 1.79. The molecule has 0 saturated carbocycles. The van der Waals surface area contributed by atoms with E-state index in [0.29, 0.717) is 15.2 Å². The van der Waals surface area contributed by atoms with Gasteiger partial charge in [-0.3, -0.25) is 4.79 Å². The average Bonchev–Trinajstić information content (AvgIpc) is 2.37. The van der Waals surface area contributed by atoms with Crippen molar-refractivity contribution in [3.05, 3.63) is 50.3 Å². The zero-order valence-electron chi connectivity index (χ0n) is 11.4. The summed E-state index contributed by atoms with van der Waals surface area (Å²) in [6, 6.07) is 6.20. The summed E-state index contributed by atoms with van der Waals surface area (Å²) in [7, 11) is 0. The molecule has 0 N–H and O–H groups in total. The maximum absolute atomic E-state index is 9.85. The van der Waals surface area contributed by atoms with Gasteiger partial charge < -0.3 is 4.74 Å². The highest BCUT2D eigenvalue weighted by molar-refractivity contribution is 6.34. The Balaban J connectivity index is 0.000000365. The molecule has 2 aromatic heterocycles. The highest BCUT2D eigenvalue weighted by atomic mass is 35.5. The highest BCUT2D eigenvalue weighted by Gasteiger charge is 1.99. The molecule has 0 aliphatic heterocycles. The van der Waals surface area contributed by atoms with Gasteiger partial charge in [0.25, 0.3) is 6.47 Å². The van der Waals surface area contributed by atoms with Crippen LogP contribution >= 0.6 is 46.4 Å². The zero-order chi connectivity index (χ0) is 17.8. The van der Waals surface area contributed by atoms with Crippen molar-refractivity contribution >= 4 is 59.0 Å². The first-order valence-electron chi connectivity index (χ1n) is 5.54. The molecule has 2 aromatic rings. The van der Waals surface area contributed by atoms with Crippen molar-refractivity contribution in [3.8, 4) is 5.88 Å². The molecule has 0 radical (unpaired) electrons. The van der Waals surface area contributed by atoms with E-state index in [9.17, 15) is 4.79 Å². The molecule has 0 aromatic carbocycles. The van der Waals surface area contributed by atoms with Crippen molar-refractivity contribution in [2.75, 3.05) is 0 Å². The third-order valence-corrected chi connectivity index (χ3v) is 2.61. The van der Waals surface area contributed by atoms with E-state index in [1.54, 1.807) is 12.1 Å². The number of rotatable bonds is 2. The van der Waals surface area contributed by atoms with Gasteiger partial charge in [0.15, 0.2) is 0 Å². The molecule has 2 rings (SSSR count). The van der Waals surface area contributed by atoms with E-state index in [2.05, 4.69) is 14.7 Å². The first-order valence-corrected chi connectivity index (χ1v) is 7.06. The monoisotopic (exact) mass is 396 g/mol. The SMILES string of the molecule is Cc1cc(Cl)cc(Cl)n1.O=C=O.O=COc1cc(Cl)cc(Cl)n1. The van der Waals surface area contributed by atoms with Crippen LogP contribution in [0.1, 0.15) is 5.69 Å². The van der Waals surface area contributed by atoms with Gasteiger partial charge in [-0.05, 0) is 25.1 Å². The Bertz CT molecular complexity index is 621. The van der Waals surface area contributed by atoms with Gasteiger partial charge in [0.05, 0.1) is 0 Å². The average molecular weight is 398 g/mol. The van der Waals surface area contributed by atoms with Crippen LogP contribution in [0.15, 0.2) is 24.3 Å². The molecular formula is C13H8Cl4N2O4. The first-order chi connectivity index (χ1) is 10.8. The Kier molecular flexibility index (Phi) is 11.0. The van der Waals surface area contributed by atoms with E-state index in [-0.39, 0.29) is 23.7 Å². The Hall–Kier alpha value is -1.69. The van der Waals surface area contributed by atoms with Crippen molar-refractivity contribution in [2.24, 2.45) is 0 Å². The minimum absolute atomic E-state index is 0.0949. The first kappa shape index (κ1) is 21.3. The molecule has 10 heteroatoms. The molecule has 0 aliphatic carbocycles. The molecule has 0 bridgehead atoms. The van der Waals surface area contributed by atoms with Crippen LogP contribution in [0.4, 0.5) is 0 Å². The standard InChI is InChI=1S/C6H3Cl2NO2.C6H5Cl2N.CO2/c7-4-1-5(8)9-6(2-4)11-3-10;1-4-2-5(7)3-6(8)9-4;2-1-3/h1-3H;2-3H,1H3;. The number of aryl methyl sites for hydroxylation is 1. The number of carbonyl (C=O) groups excluding carboxylic acids is 3. The number of ether oxygens (including phenoxy) is 1. The lowest BCUT2D eigenvalue weighted by Gasteiger charge is -1.96. The van der Waals surface area contributed by atoms with Crippen molar-refractivity contribution in [1.29, 1.82) is 0 Å². The van der Waals surface area contributed by atoms with Crippen LogP contribution in [0.3, 0.4) is 0 Å². The van der Waals surface area contributed by atoms with Crippen LogP contribution in [0.5, 0.6) is 5.88 Å². The second-order valence-electron chi connectivity index (χ2n) is 3.49. The molecule has 0 fully saturated rings. The van der Waals surface area contributed by atoms with Gasteiger partial charge in [0, 0.05) is 21.8 Å². The van der Waals surface area contributed by atoms with E-state index in [1.807, 2.05) is 6.92 Å². The lowest BCUT2D eigenvalue weighted by Crippen LogP contribution is -1.91. The summed E-state index contributed by atoms with van der Waals surface area (Å²) in [5, 5.41) is 1.64. The molecule has 0 atom stereocenters. The number of hydrogen-bond donors (Lipinski definition) is 0. The number of nitrogens with zero attached hydrogens (tertiary/aromatic N) is 2. The quantitative estimate of drug-likeness (QED) is 0.561. The predicted octanol–water partition coefficient (Wildman–Crippen LogP) is 4.04. The molecule has 0 unspecified atom stereocenters. The van der Waals surface area contributed by atoms with Crippen molar-refractivity contribution < 1.29 is 19.1 Å². The van der Waals surface area contributed by atoms with E-state index in [4.69, 9.17) is 56.0 Å². The van der Waals surface area contributed by atoms with Gasteiger partial charge in [0.1, 0.15) is 10.3 Å². The van der Waals surface area contributed by atoms with Crippen LogP contribution in [0, 0.1) is 6.92 Å². The molecule has 6 nitrogen and oxygen atoms in total. The molecule has 122 valence electrons. The van der Waals surface area contributed by atoms with Gasteiger partial charge >= 0.3 is 6.15 Å². The predicted molar refractivity (Wildman–Crippen MR) is 85.0 cm³/mol. The van der Waals surface area contributed by atoms with E-state index in [1.165, 1.54) is 12.1 Å². The van der Waals surface area contributed by atoms with E-state index >= 15 is 0 Å². The molecular weight excluding hydrogens is 390 g/mol. The number of aromatic nitrogens is 2. The molecule has 0 spiro atoms. The summed E-state index contributed by atoms with van der Waals surface area (Å²) in [5.74, 6) is 0.0949. The minimum Gasteiger partial charge on any atom is -0.410 e. The molecule has 0 amide bonds. The molecule has 0 aliphatic rings. The Morgan fingerprint density at radius 3 is 1.83 bits per heavy atom. The molecule has 0 saturated heterocycles. The smallest absolute Gasteiger partial charge is 0.373 e. The summed E-state index contributed by atoms with van der Waals surface area (Å²) < 4.78 is 4.41. The van der Waals surface area contributed by atoms with Crippen LogP contribution in [0.25, 0.3) is 0 Å². The van der Waals surface area contributed by atoms with Gasteiger partial charge in [0.2, 0.25) is 5.88 Å². The van der Waals surface area contributed by atoms with Gasteiger partial charge in [-0.15, -0.1) is 0 Å². The maximum atomic E-state index is 9.85. The van der Waals surface area contributed by atoms with Crippen LogP contribution in [-0.2, 0) is 14.4 Å². The second kappa shape index (κ2) is 11.8. The Morgan fingerprint density at radius 1 is 0.957 bits per heavy atom. The van der Waals surface area contributed by atoms with Crippen LogP contribution in [0.2, 0.25) is 20.4 Å². The Labute approximate surface area is 151 Å². The Morgan fingerprint density at radius 2 is 1.43 bits per heavy atom. The molecule has 2 heterocycles. The number of carbonyl (C=O) groups is 1. The number of pyridine rings is 2. The summed E-state index contributed by atoms with van der Waals surface area (Å²) >= 11 is 22.2. The summed E-state index contributed by atoms with van der Waals surface area (Å²) in [6.07, 6.45) is 0.250. The van der Waals surface area contributed by atoms with Gasteiger partial charge in [-0.1, -0.05) is 46.4 Å². The fraction of sp³-hybridized carbons (Fsp3) is 0.0769. The third kappa shape index (κ3) is 10.6. The van der Waals surface area contributed by atoms with Crippen molar-refractivity contribution in [2.45, 2.75) is 6.92 Å². The highest BCUT2D eigenvalue weighted by Crippen LogP contribution is 2.19. The molecule has 23 heavy (non-hydrogen) atoms. The summed E-state index contributed by atoms with van der Waals surface area (Å²) in [4.78, 5) is 33.7. The largest absolute Gasteiger partial charge is 0.410 e. The van der Waals surface area contributed by atoms with Crippen LogP contribution in [-0.4, -0.2) is 22.6 Å². The normalized spacial score (nSPS) is 8.57. The summed E-state index contributed by atoms with van der Waals surface area (Å²) in [6.45, 7) is 2.10. The van der Waals surface area contributed by atoms with Crippen molar-refractivity contribution in [1.82, 2.24) is 9.97 Å². The topological polar surface area (TPSA) is 86.2 Å². The van der Waals surface area contributed by atoms with Gasteiger partial charge in [-0.2, -0.15) is 9.59 Å². The lowest BCUT2D eigenvalue weighted by atomic mass is 10.4. The number of hydrogen-bond acceptors (Lipinski definition) is 6. The zero-order valence-corrected chi connectivity index (χ0v) is 14.4. The van der Waals surface area contributed by atoms with E-state index in [0.717, 1.165) is 5.69 Å². The van der Waals surface area contributed by atoms with Crippen molar-refractivity contribution in [3.63, 3.8) is 0 Å². The summed E-state index contributed by atoms with van der Waals surface area (Å²) in [5.41, 5.74) is 0.840. The second-order valence-corrected chi connectivity index (χ2v) is 5.14. The fourth-order valence-electron chi connectivity index (χ4n) is 1.14. The number of halogens is 4. The minimum atomic E-state index is 0.0949. The van der Waals surface area contributed by atoms with Crippen LogP contribution < -0.4 is 4.74 Å².